The number of amidine groups is 1. The zero-order chi connectivity index (χ0) is 23.2. The third-order valence-corrected chi connectivity index (χ3v) is 6.79. The van der Waals surface area contributed by atoms with Crippen molar-refractivity contribution in [2.45, 2.75) is 31.6 Å². The monoisotopic (exact) mass is 461 g/mol. The fraction of sp³-hybridized carbons (Fsp3) is 0.269. The summed E-state index contributed by atoms with van der Waals surface area (Å²) in [4.78, 5) is 14.9. The van der Waals surface area contributed by atoms with Gasteiger partial charge in [-0.2, -0.15) is 5.10 Å². The van der Waals surface area contributed by atoms with Crippen molar-refractivity contribution in [3.8, 4) is 11.5 Å². The molecular weight excluding hydrogens is 434 g/mol. The van der Waals surface area contributed by atoms with Crippen LogP contribution in [-0.4, -0.2) is 41.7 Å². The lowest BCUT2D eigenvalue weighted by atomic mass is 10.0. The summed E-state index contributed by atoms with van der Waals surface area (Å²) >= 11 is 1.49. The summed E-state index contributed by atoms with van der Waals surface area (Å²) in [5.74, 6) is 1.44. The molecule has 1 aliphatic rings. The van der Waals surface area contributed by atoms with Gasteiger partial charge in [0.2, 0.25) is 5.91 Å². The molecular formula is C26H27N3O3S. The van der Waals surface area contributed by atoms with Crippen LogP contribution in [0.2, 0.25) is 0 Å². The summed E-state index contributed by atoms with van der Waals surface area (Å²) < 4.78 is 10.7. The second kappa shape index (κ2) is 10.5. The molecule has 33 heavy (non-hydrogen) atoms. The third kappa shape index (κ3) is 5.03. The third-order valence-electron chi connectivity index (χ3n) is 5.56. The summed E-state index contributed by atoms with van der Waals surface area (Å²) in [6, 6.07) is 19.9. The molecule has 1 amide bonds. The number of fused-ring (bicyclic) bond motifs is 1. The number of methoxy groups -OCH3 is 2. The molecule has 1 aliphatic heterocycles. The lowest BCUT2D eigenvalue weighted by Gasteiger charge is -2.17. The van der Waals surface area contributed by atoms with Crippen molar-refractivity contribution >= 4 is 39.8 Å². The van der Waals surface area contributed by atoms with Crippen molar-refractivity contribution in [2.24, 2.45) is 10.2 Å². The first-order chi connectivity index (χ1) is 16.1. The van der Waals surface area contributed by atoms with Crippen molar-refractivity contribution in [2.75, 3.05) is 14.2 Å². The molecule has 6 nitrogen and oxygen atoms in total. The lowest BCUT2D eigenvalue weighted by molar-refractivity contribution is -0.126. The van der Waals surface area contributed by atoms with Crippen LogP contribution < -0.4 is 9.47 Å². The molecule has 7 heteroatoms. The topological polar surface area (TPSA) is 63.5 Å². The Balaban J connectivity index is 1.63. The molecule has 1 unspecified atom stereocenters. The van der Waals surface area contributed by atoms with Gasteiger partial charge >= 0.3 is 0 Å². The number of carbonyl (C=O) groups is 1. The van der Waals surface area contributed by atoms with Crippen LogP contribution in [0.5, 0.6) is 11.5 Å². The first kappa shape index (κ1) is 22.9. The number of amides is 1. The van der Waals surface area contributed by atoms with Gasteiger partial charge in [-0.05, 0) is 34.9 Å². The van der Waals surface area contributed by atoms with Crippen LogP contribution in [0.3, 0.4) is 0 Å². The molecule has 0 radical (unpaired) electrons. The molecule has 0 bridgehead atoms. The Morgan fingerprint density at radius 3 is 2.67 bits per heavy atom. The number of benzene rings is 3. The summed E-state index contributed by atoms with van der Waals surface area (Å²) in [7, 11) is 3.21. The van der Waals surface area contributed by atoms with E-state index < -0.39 is 0 Å². The molecule has 0 aromatic heterocycles. The Kier molecular flexibility index (Phi) is 7.29. The number of rotatable bonds is 8. The highest BCUT2D eigenvalue weighted by molar-refractivity contribution is 8.15. The van der Waals surface area contributed by atoms with Crippen molar-refractivity contribution in [3.63, 3.8) is 0 Å². The van der Waals surface area contributed by atoms with Crippen molar-refractivity contribution < 1.29 is 14.3 Å². The van der Waals surface area contributed by atoms with Gasteiger partial charge in [-0.3, -0.25) is 9.69 Å². The van der Waals surface area contributed by atoms with E-state index in [-0.39, 0.29) is 11.2 Å². The van der Waals surface area contributed by atoms with Crippen LogP contribution in [0.4, 0.5) is 0 Å². The summed E-state index contributed by atoms with van der Waals surface area (Å²) in [6.45, 7) is 2.56. The number of nitrogens with zero attached hydrogens (tertiary/aromatic N) is 3. The van der Waals surface area contributed by atoms with E-state index in [0.29, 0.717) is 23.2 Å². The van der Waals surface area contributed by atoms with Gasteiger partial charge in [-0.1, -0.05) is 67.6 Å². The van der Waals surface area contributed by atoms with Gasteiger partial charge in [0, 0.05) is 11.6 Å². The second-order valence-electron chi connectivity index (χ2n) is 7.69. The van der Waals surface area contributed by atoms with Crippen LogP contribution >= 0.6 is 11.8 Å². The molecule has 3 aromatic rings. The molecule has 1 fully saturated rings. The van der Waals surface area contributed by atoms with Gasteiger partial charge in [0.15, 0.2) is 5.17 Å². The van der Waals surface area contributed by atoms with E-state index in [0.717, 1.165) is 34.7 Å². The second-order valence-corrected chi connectivity index (χ2v) is 8.86. The largest absolute Gasteiger partial charge is 0.497 e. The lowest BCUT2D eigenvalue weighted by Crippen LogP contribution is -2.31. The maximum absolute atomic E-state index is 13.2. The average molecular weight is 462 g/mol. The van der Waals surface area contributed by atoms with Gasteiger partial charge in [0.25, 0.3) is 0 Å². The normalized spacial score (nSPS) is 17.4. The Morgan fingerprint density at radius 2 is 1.88 bits per heavy atom. The molecule has 170 valence electrons. The molecule has 0 spiro atoms. The van der Waals surface area contributed by atoms with E-state index >= 15 is 0 Å². The van der Waals surface area contributed by atoms with Crippen LogP contribution in [0.25, 0.3) is 10.8 Å². The highest BCUT2D eigenvalue weighted by atomic mass is 32.2. The van der Waals surface area contributed by atoms with E-state index in [1.165, 1.54) is 11.8 Å². The van der Waals surface area contributed by atoms with E-state index in [2.05, 4.69) is 41.4 Å². The Hall–Kier alpha value is -3.32. The minimum atomic E-state index is -0.130. The minimum absolute atomic E-state index is 0.0887. The van der Waals surface area contributed by atoms with Gasteiger partial charge in [0.05, 0.1) is 32.2 Å². The van der Waals surface area contributed by atoms with Crippen LogP contribution in [0, 0.1) is 0 Å². The fourth-order valence-electron chi connectivity index (χ4n) is 3.84. The van der Waals surface area contributed by atoms with E-state index in [9.17, 15) is 4.79 Å². The van der Waals surface area contributed by atoms with Crippen LogP contribution in [-0.2, 0) is 11.3 Å². The van der Waals surface area contributed by atoms with Crippen molar-refractivity contribution in [3.05, 3.63) is 71.8 Å². The summed E-state index contributed by atoms with van der Waals surface area (Å²) in [5.41, 5.74) is 1.87. The van der Waals surface area contributed by atoms with Crippen LogP contribution in [0.1, 0.15) is 30.9 Å². The SMILES string of the molecule is CCCC1SC(=NN=Cc2ccc(OC)cc2OC)N(Cc2cccc3ccccc23)C1=O. The molecule has 0 saturated carbocycles. The zero-order valence-electron chi connectivity index (χ0n) is 19.0. The molecule has 4 rings (SSSR count). The fourth-order valence-corrected chi connectivity index (χ4v) is 5.06. The van der Waals surface area contributed by atoms with E-state index in [4.69, 9.17) is 9.47 Å². The predicted octanol–water partition coefficient (Wildman–Crippen LogP) is 5.49. The number of ether oxygens (including phenoxy) is 2. The Morgan fingerprint density at radius 1 is 1.06 bits per heavy atom. The van der Waals surface area contributed by atoms with Gasteiger partial charge < -0.3 is 9.47 Å². The zero-order valence-corrected chi connectivity index (χ0v) is 19.8. The van der Waals surface area contributed by atoms with Crippen molar-refractivity contribution in [1.82, 2.24) is 4.90 Å². The maximum Gasteiger partial charge on any atom is 0.242 e. The highest BCUT2D eigenvalue weighted by Crippen LogP contribution is 2.33. The summed E-state index contributed by atoms with van der Waals surface area (Å²) in [5, 5.41) is 11.5. The quantitative estimate of drug-likeness (QED) is 0.329. The molecule has 3 aromatic carbocycles. The van der Waals surface area contributed by atoms with Gasteiger partial charge in [-0.25, -0.2) is 0 Å². The number of carbonyl (C=O) groups excluding carboxylic acids is 1. The van der Waals surface area contributed by atoms with Gasteiger partial charge in [-0.15, -0.1) is 5.10 Å². The Bertz CT molecular complexity index is 1200. The molecule has 1 atom stereocenters. The molecule has 1 heterocycles. The predicted molar refractivity (Wildman–Crippen MR) is 135 cm³/mol. The maximum atomic E-state index is 13.2. The number of hydrogen-bond donors (Lipinski definition) is 0. The Labute approximate surface area is 198 Å². The first-order valence-corrected chi connectivity index (χ1v) is 11.8. The van der Waals surface area contributed by atoms with Crippen LogP contribution in [0.15, 0.2) is 70.9 Å². The van der Waals surface area contributed by atoms with Crippen molar-refractivity contribution in [1.29, 1.82) is 0 Å². The summed E-state index contributed by atoms with van der Waals surface area (Å²) in [6.07, 6.45) is 3.38. The molecule has 0 N–H and O–H groups in total. The average Bonchev–Trinajstić information content (AvgIpc) is 3.14. The minimum Gasteiger partial charge on any atom is -0.497 e. The molecule has 0 aliphatic carbocycles. The van der Waals surface area contributed by atoms with E-state index in [1.807, 2.05) is 30.3 Å². The molecule has 1 saturated heterocycles. The van der Waals surface area contributed by atoms with E-state index in [1.54, 1.807) is 31.4 Å². The highest BCUT2D eigenvalue weighted by Gasteiger charge is 2.37. The number of hydrogen-bond acceptors (Lipinski definition) is 6. The smallest absolute Gasteiger partial charge is 0.242 e. The number of thioether (sulfide) groups is 1. The standard InChI is InChI=1S/C26H27N3O3S/c1-4-8-24-25(30)29(17-20-11-7-10-18-9-5-6-12-22(18)20)26(33-24)28-27-16-19-13-14-21(31-2)15-23(19)32-3/h5-7,9-16,24H,4,8,17H2,1-3H3. The van der Waals surface area contributed by atoms with Gasteiger partial charge in [0.1, 0.15) is 11.5 Å². The first-order valence-electron chi connectivity index (χ1n) is 10.9.